The van der Waals surface area contributed by atoms with E-state index in [1.807, 2.05) is 12.3 Å². The minimum absolute atomic E-state index is 0.436. The lowest BCUT2D eigenvalue weighted by Gasteiger charge is -2.24. The van der Waals surface area contributed by atoms with Crippen LogP contribution in [0.1, 0.15) is 30.1 Å². The molecule has 0 unspecified atom stereocenters. The van der Waals surface area contributed by atoms with Crippen LogP contribution in [0, 0.1) is 0 Å². The normalized spacial score (nSPS) is 18.3. The third kappa shape index (κ3) is 3.00. The number of likely N-dealkylation sites (tertiary alicyclic amines) is 1. The van der Waals surface area contributed by atoms with Gasteiger partial charge in [0.2, 0.25) is 0 Å². The molecule has 5 nitrogen and oxygen atoms in total. The Balaban J connectivity index is 1.49. The van der Waals surface area contributed by atoms with Gasteiger partial charge in [0.05, 0.1) is 17.4 Å². The van der Waals surface area contributed by atoms with Crippen LogP contribution in [0.5, 0.6) is 0 Å². The van der Waals surface area contributed by atoms with Gasteiger partial charge in [-0.25, -0.2) is 9.67 Å². The van der Waals surface area contributed by atoms with E-state index in [0.717, 1.165) is 18.8 Å². The van der Waals surface area contributed by atoms with Gasteiger partial charge in [-0.1, -0.05) is 18.2 Å². The molecule has 0 amide bonds. The average Bonchev–Trinajstić information content (AvgIpc) is 3.28. The Labute approximate surface area is 135 Å². The molecule has 0 spiro atoms. The number of nitrogens with zero attached hydrogens (tertiary/aromatic N) is 5. The van der Waals surface area contributed by atoms with E-state index < -0.39 is 0 Å². The quantitative estimate of drug-likeness (QED) is 0.743. The van der Waals surface area contributed by atoms with Crippen LogP contribution >= 0.6 is 0 Å². The molecule has 1 aliphatic heterocycles. The van der Waals surface area contributed by atoms with Gasteiger partial charge in [-0.2, -0.15) is 5.10 Å². The predicted molar refractivity (Wildman–Crippen MR) is 88.0 cm³/mol. The monoisotopic (exact) mass is 305 g/mol. The minimum atomic E-state index is 0.436. The summed E-state index contributed by atoms with van der Waals surface area (Å²) in [6.07, 6.45) is 7.58. The van der Waals surface area contributed by atoms with Crippen molar-refractivity contribution in [2.24, 2.45) is 0 Å². The Hall–Kier alpha value is -2.53. The fraction of sp³-hybridized carbons (Fsp3) is 0.278. The van der Waals surface area contributed by atoms with Crippen LogP contribution in [-0.2, 0) is 6.54 Å². The SMILES string of the molecule is c1ccc([C@H]2CCCN2Cc2ccc(-n3cncn3)cc2)nc1. The summed E-state index contributed by atoms with van der Waals surface area (Å²) in [5, 5.41) is 4.16. The first kappa shape index (κ1) is 14.1. The summed E-state index contributed by atoms with van der Waals surface area (Å²) in [6, 6.07) is 15.2. The summed E-state index contributed by atoms with van der Waals surface area (Å²) in [4.78, 5) is 11.0. The smallest absolute Gasteiger partial charge is 0.138 e. The summed E-state index contributed by atoms with van der Waals surface area (Å²) < 4.78 is 1.77. The van der Waals surface area contributed by atoms with E-state index in [2.05, 4.69) is 56.4 Å². The van der Waals surface area contributed by atoms with Crippen molar-refractivity contribution in [3.05, 3.63) is 72.6 Å². The van der Waals surface area contributed by atoms with E-state index in [1.165, 1.54) is 24.1 Å². The van der Waals surface area contributed by atoms with Crippen LogP contribution in [-0.4, -0.2) is 31.2 Å². The number of aromatic nitrogens is 4. The zero-order chi connectivity index (χ0) is 15.5. The molecule has 3 aromatic rings. The summed E-state index contributed by atoms with van der Waals surface area (Å²) in [7, 11) is 0. The zero-order valence-electron chi connectivity index (χ0n) is 12.9. The number of hydrogen-bond acceptors (Lipinski definition) is 4. The molecule has 0 bridgehead atoms. The third-order valence-electron chi connectivity index (χ3n) is 4.40. The minimum Gasteiger partial charge on any atom is -0.291 e. The standard InChI is InChI=1S/C18H19N5/c1-2-10-20-17(4-1)18-5-3-11-22(18)12-15-6-8-16(9-7-15)23-14-19-13-21-23/h1-2,4,6-10,13-14,18H,3,5,11-12H2/t18-/m1/s1. The molecule has 0 saturated carbocycles. The largest absolute Gasteiger partial charge is 0.291 e. The summed E-state index contributed by atoms with van der Waals surface area (Å²) >= 11 is 0. The molecule has 1 atom stereocenters. The average molecular weight is 305 g/mol. The van der Waals surface area contributed by atoms with Crippen molar-refractivity contribution in [2.75, 3.05) is 6.54 Å². The summed E-state index contributed by atoms with van der Waals surface area (Å²) in [6.45, 7) is 2.09. The van der Waals surface area contributed by atoms with Gasteiger partial charge in [0.15, 0.2) is 0 Å². The van der Waals surface area contributed by atoms with E-state index in [-0.39, 0.29) is 0 Å². The Kier molecular flexibility index (Phi) is 3.86. The number of hydrogen-bond donors (Lipinski definition) is 0. The van der Waals surface area contributed by atoms with Crippen LogP contribution in [0.2, 0.25) is 0 Å². The van der Waals surface area contributed by atoms with Crippen molar-refractivity contribution < 1.29 is 0 Å². The molecule has 3 heterocycles. The van der Waals surface area contributed by atoms with Gasteiger partial charge in [0.1, 0.15) is 12.7 Å². The van der Waals surface area contributed by atoms with Crippen molar-refractivity contribution in [3.8, 4) is 5.69 Å². The zero-order valence-corrected chi connectivity index (χ0v) is 12.9. The van der Waals surface area contributed by atoms with E-state index in [9.17, 15) is 0 Å². The Morgan fingerprint density at radius 3 is 2.74 bits per heavy atom. The first-order valence-electron chi connectivity index (χ1n) is 7.99. The van der Waals surface area contributed by atoms with Gasteiger partial charge in [-0.15, -0.1) is 0 Å². The van der Waals surface area contributed by atoms with Crippen molar-refractivity contribution >= 4 is 0 Å². The molecule has 2 aromatic heterocycles. The maximum Gasteiger partial charge on any atom is 0.138 e. The molecule has 0 radical (unpaired) electrons. The van der Waals surface area contributed by atoms with E-state index >= 15 is 0 Å². The van der Waals surface area contributed by atoms with Crippen molar-refractivity contribution in [3.63, 3.8) is 0 Å². The molecule has 0 aliphatic carbocycles. The number of pyridine rings is 1. The van der Waals surface area contributed by atoms with Gasteiger partial charge in [0, 0.05) is 12.7 Å². The van der Waals surface area contributed by atoms with Gasteiger partial charge in [0.25, 0.3) is 0 Å². The Morgan fingerprint density at radius 1 is 1.09 bits per heavy atom. The highest BCUT2D eigenvalue weighted by Gasteiger charge is 2.26. The van der Waals surface area contributed by atoms with Crippen LogP contribution in [0.15, 0.2) is 61.3 Å². The van der Waals surface area contributed by atoms with E-state index in [0.29, 0.717) is 6.04 Å². The van der Waals surface area contributed by atoms with Crippen molar-refractivity contribution in [1.29, 1.82) is 0 Å². The van der Waals surface area contributed by atoms with Crippen LogP contribution in [0.3, 0.4) is 0 Å². The second kappa shape index (κ2) is 6.30. The predicted octanol–water partition coefficient (Wildman–Crippen LogP) is 3.00. The second-order valence-electron chi connectivity index (χ2n) is 5.89. The third-order valence-corrected chi connectivity index (χ3v) is 4.40. The van der Waals surface area contributed by atoms with Gasteiger partial charge < -0.3 is 0 Å². The molecule has 23 heavy (non-hydrogen) atoms. The molecule has 4 rings (SSSR count). The fourth-order valence-corrected chi connectivity index (χ4v) is 3.25. The van der Waals surface area contributed by atoms with Crippen LogP contribution in [0.4, 0.5) is 0 Å². The second-order valence-corrected chi connectivity index (χ2v) is 5.89. The van der Waals surface area contributed by atoms with Crippen molar-refractivity contribution in [1.82, 2.24) is 24.6 Å². The first-order chi connectivity index (χ1) is 11.4. The fourth-order valence-electron chi connectivity index (χ4n) is 3.25. The Bertz CT molecular complexity index is 737. The highest BCUT2D eigenvalue weighted by molar-refractivity contribution is 5.33. The topological polar surface area (TPSA) is 46.8 Å². The maximum atomic E-state index is 4.54. The van der Waals surface area contributed by atoms with Crippen LogP contribution < -0.4 is 0 Å². The molecule has 5 heteroatoms. The lowest BCUT2D eigenvalue weighted by molar-refractivity contribution is 0.244. The first-order valence-corrected chi connectivity index (χ1v) is 7.99. The van der Waals surface area contributed by atoms with Crippen molar-refractivity contribution in [2.45, 2.75) is 25.4 Å². The maximum absolute atomic E-state index is 4.54. The number of benzene rings is 1. The van der Waals surface area contributed by atoms with Gasteiger partial charge >= 0.3 is 0 Å². The number of rotatable bonds is 4. The van der Waals surface area contributed by atoms with Gasteiger partial charge in [-0.05, 0) is 49.2 Å². The molecule has 1 aromatic carbocycles. The molecule has 1 fully saturated rings. The molecule has 1 saturated heterocycles. The van der Waals surface area contributed by atoms with Gasteiger partial charge in [-0.3, -0.25) is 9.88 Å². The Morgan fingerprint density at radius 2 is 2.00 bits per heavy atom. The molecular formula is C18H19N5. The molecular weight excluding hydrogens is 286 g/mol. The van der Waals surface area contributed by atoms with E-state index in [1.54, 1.807) is 17.3 Å². The van der Waals surface area contributed by atoms with E-state index in [4.69, 9.17) is 0 Å². The highest BCUT2D eigenvalue weighted by Crippen LogP contribution is 2.31. The summed E-state index contributed by atoms with van der Waals surface area (Å²) in [5.74, 6) is 0. The molecule has 116 valence electrons. The molecule has 0 N–H and O–H groups in total. The van der Waals surface area contributed by atoms with Crippen LogP contribution in [0.25, 0.3) is 5.69 Å². The molecule has 1 aliphatic rings. The highest BCUT2D eigenvalue weighted by atomic mass is 15.3. The summed E-state index contributed by atoms with van der Waals surface area (Å²) in [5.41, 5.74) is 3.54. The lowest BCUT2D eigenvalue weighted by Crippen LogP contribution is -2.23. The lowest BCUT2D eigenvalue weighted by atomic mass is 10.1.